The van der Waals surface area contributed by atoms with Gasteiger partial charge in [0.1, 0.15) is 0 Å². The van der Waals surface area contributed by atoms with E-state index >= 15 is 0 Å². The first kappa shape index (κ1) is 13.6. The van der Waals surface area contributed by atoms with Gasteiger partial charge >= 0.3 is 0 Å². The zero-order valence-electron chi connectivity index (χ0n) is 10.6. The van der Waals surface area contributed by atoms with Crippen molar-refractivity contribution in [2.75, 3.05) is 0 Å². The maximum atomic E-state index is 11.9. The lowest BCUT2D eigenvalue weighted by molar-refractivity contribution is -0.123. The summed E-state index contributed by atoms with van der Waals surface area (Å²) >= 11 is 3.43. The lowest BCUT2D eigenvalue weighted by Crippen LogP contribution is -2.50. The molecule has 1 amide bonds. The van der Waals surface area contributed by atoms with Crippen LogP contribution in [-0.4, -0.2) is 11.4 Å². The normalized spacial score (nSPS) is 18.8. The lowest BCUT2D eigenvalue weighted by Gasteiger charge is -2.37. The van der Waals surface area contributed by atoms with Crippen molar-refractivity contribution in [2.24, 2.45) is 5.73 Å². The van der Waals surface area contributed by atoms with Crippen molar-refractivity contribution < 1.29 is 4.79 Å². The molecule has 1 fully saturated rings. The summed E-state index contributed by atoms with van der Waals surface area (Å²) in [6.45, 7) is 1.99. The first-order chi connectivity index (χ1) is 8.48. The maximum Gasteiger partial charge on any atom is 0.222 e. The van der Waals surface area contributed by atoms with Gasteiger partial charge in [0, 0.05) is 16.4 Å². The fourth-order valence-electron chi connectivity index (χ4n) is 2.28. The second-order valence-corrected chi connectivity index (χ2v) is 6.15. The van der Waals surface area contributed by atoms with Crippen LogP contribution >= 0.6 is 15.9 Å². The standard InChI is InChI=1S/C14H19BrN2O/c1-10(11-4-2-5-12(15)8-11)17-13(18)9-14(16)6-3-7-14/h2,4-5,8,10H,3,6-7,9,16H2,1H3,(H,17,18)/t10-/m1/s1. The van der Waals surface area contributed by atoms with Gasteiger partial charge < -0.3 is 11.1 Å². The van der Waals surface area contributed by atoms with Gasteiger partial charge in [-0.3, -0.25) is 4.79 Å². The summed E-state index contributed by atoms with van der Waals surface area (Å²) in [5, 5.41) is 3.01. The molecule has 1 aliphatic carbocycles. The Bertz CT molecular complexity index is 443. The number of rotatable bonds is 4. The largest absolute Gasteiger partial charge is 0.350 e. The van der Waals surface area contributed by atoms with Crippen molar-refractivity contribution in [3.63, 3.8) is 0 Å². The highest BCUT2D eigenvalue weighted by molar-refractivity contribution is 9.10. The van der Waals surface area contributed by atoms with Crippen molar-refractivity contribution in [1.29, 1.82) is 0 Å². The Kier molecular flexibility index (Phi) is 4.07. The highest BCUT2D eigenvalue weighted by Gasteiger charge is 2.34. The van der Waals surface area contributed by atoms with Gasteiger partial charge in [0.2, 0.25) is 5.91 Å². The smallest absolute Gasteiger partial charge is 0.222 e. The lowest BCUT2D eigenvalue weighted by atomic mass is 9.75. The topological polar surface area (TPSA) is 55.1 Å². The van der Waals surface area contributed by atoms with E-state index in [9.17, 15) is 4.79 Å². The molecule has 18 heavy (non-hydrogen) atoms. The minimum Gasteiger partial charge on any atom is -0.350 e. The van der Waals surface area contributed by atoms with E-state index in [1.807, 2.05) is 31.2 Å². The molecular formula is C14H19BrN2O. The van der Waals surface area contributed by atoms with E-state index in [-0.39, 0.29) is 17.5 Å². The van der Waals surface area contributed by atoms with E-state index in [0.29, 0.717) is 6.42 Å². The van der Waals surface area contributed by atoms with Gasteiger partial charge in [-0.1, -0.05) is 28.1 Å². The van der Waals surface area contributed by atoms with Gasteiger partial charge in [-0.05, 0) is 43.9 Å². The number of hydrogen-bond acceptors (Lipinski definition) is 2. The van der Waals surface area contributed by atoms with Crippen molar-refractivity contribution >= 4 is 21.8 Å². The molecule has 1 aromatic carbocycles. The van der Waals surface area contributed by atoms with E-state index in [1.165, 1.54) is 0 Å². The molecule has 4 heteroatoms. The molecule has 3 N–H and O–H groups in total. The summed E-state index contributed by atoms with van der Waals surface area (Å²) < 4.78 is 1.02. The first-order valence-electron chi connectivity index (χ1n) is 6.32. The Balaban J connectivity index is 1.90. The van der Waals surface area contributed by atoms with Crippen LogP contribution in [-0.2, 0) is 4.79 Å². The van der Waals surface area contributed by atoms with Crippen LogP contribution in [0.25, 0.3) is 0 Å². The van der Waals surface area contributed by atoms with E-state index in [0.717, 1.165) is 29.3 Å². The van der Waals surface area contributed by atoms with E-state index in [4.69, 9.17) is 5.73 Å². The molecule has 0 unspecified atom stereocenters. The maximum absolute atomic E-state index is 11.9. The zero-order chi connectivity index (χ0) is 13.2. The fraction of sp³-hybridized carbons (Fsp3) is 0.500. The van der Waals surface area contributed by atoms with Gasteiger partial charge in [-0.15, -0.1) is 0 Å². The summed E-state index contributed by atoms with van der Waals surface area (Å²) in [5.41, 5.74) is 6.92. The molecule has 98 valence electrons. The number of carbonyl (C=O) groups excluding carboxylic acids is 1. The van der Waals surface area contributed by atoms with Crippen LogP contribution in [0.2, 0.25) is 0 Å². The molecule has 0 aromatic heterocycles. The minimum atomic E-state index is -0.249. The molecule has 3 nitrogen and oxygen atoms in total. The molecule has 1 aliphatic rings. The van der Waals surface area contributed by atoms with Gasteiger partial charge in [0.25, 0.3) is 0 Å². The number of amides is 1. The van der Waals surface area contributed by atoms with E-state index < -0.39 is 0 Å². The van der Waals surface area contributed by atoms with Crippen molar-refractivity contribution in [2.45, 2.75) is 44.2 Å². The molecule has 0 bridgehead atoms. The highest BCUT2D eigenvalue weighted by Crippen LogP contribution is 2.32. The summed E-state index contributed by atoms with van der Waals surface area (Å²) in [6, 6.07) is 7.99. The summed E-state index contributed by atoms with van der Waals surface area (Å²) in [4.78, 5) is 11.9. The number of carbonyl (C=O) groups is 1. The predicted octanol–water partition coefficient (Wildman–Crippen LogP) is 2.90. The molecule has 0 saturated heterocycles. The van der Waals surface area contributed by atoms with Crippen LogP contribution in [0.5, 0.6) is 0 Å². The Morgan fingerprint density at radius 2 is 2.28 bits per heavy atom. The quantitative estimate of drug-likeness (QED) is 0.898. The minimum absolute atomic E-state index is 0.0127. The predicted molar refractivity (Wildman–Crippen MR) is 76.1 cm³/mol. The van der Waals surface area contributed by atoms with Crippen molar-refractivity contribution in [3.05, 3.63) is 34.3 Å². The third-order valence-electron chi connectivity index (χ3n) is 3.59. The molecule has 0 aliphatic heterocycles. The number of hydrogen-bond donors (Lipinski definition) is 2. The molecule has 1 saturated carbocycles. The summed E-state index contributed by atoms with van der Waals surface area (Å²) in [5.74, 6) is 0.0460. The average Bonchev–Trinajstić information content (AvgIpc) is 2.26. The number of halogens is 1. The molecule has 1 aromatic rings. The van der Waals surface area contributed by atoms with Crippen molar-refractivity contribution in [3.8, 4) is 0 Å². The first-order valence-corrected chi connectivity index (χ1v) is 7.12. The number of benzene rings is 1. The fourth-order valence-corrected chi connectivity index (χ4v) is 2.70. The Labute approximate surface area is 116 Å². The SMILES string of the molecule is C[C@@H](NC(=O)CC1(N)CCC1)c1cccc(Br)c1. The molecule has 2 rings (SSSR count). The van der Waals surface area contributed by atoms with Gasteiger partial charge in [-0.25, -0.2) is 0 Å². The Morgan fingerprint density at radius 3 is 2.83 bits per heavy atom. The molecular weight excluding hydrogens is 292 g/mol. The third-order valence-corrected chi connectivity index (χ3v) is 4.08. The monoisotopic (exact) mass is 310 g/mol. The van der Waals surface area contributed by atoms with Crippen LogP contribution in [0, 0.1) is 0 Å². The van der Waals surface area contributed by atoms with Gasteiger partial charge in [-0.2, -0.15) is 0 Å². The Morgan fingerprint density at radius 1 is 1.56 bits per heavy atom. The van der Waals surface area contributed by atoms with E-state index in [2.05, 4.69) is 21.2 Å². The number of nitrogens with two attached hydrogens (primary N) is 1. The second-order valence-electron chi connectivity index (χ2n) is 5.24. The summed E-state index contributed by atoms with van der Waals surface area (Å²) in [6.07, 6.45) is 3.51. The average molecular weight is 311 g/mol. The summed E-state index contributed by atoms with van der Waals surface area (Å²) in [7, 11) is 0. The molecule has 0 radical (unpaired) electrons. The van der Waals surface area contributed by atoms with Crippen LogP contribution in [0.1, 0.15) is 44.2 Å². The molecule has 0 heterocycles. The van der Waals surface area contributed by atoms with Crippen LogP contribution in [0.3, 0.4) is 0 Å². The van der Waals surface area contributed by atoms with Gasteiger partial charge in [0.15, 0.2) is 0 Å². The Hall–Kier alpha value is -0.870. The third kappa shape index (κ3) is 3.33. The molecule has 1 atom stereocenters. The van der Waals surface area contributed by atoms with Crippen LogP contribution < -0.4 is 11.1 Å². The van der Waals surface area contributed by atoms with Crippen LogP contribution in [0.4, 0.5) is 0 Å². The van der Waals surface area contributed by atoms with E-state index in [1.54, 1.807) is 0 Å². The number of nitrogens with one attached hydrogen (secondary N) is 1. The van der Waals surface area contributed by atoms with Crippen molar-refractivity contribution in [1.82, 2.24) is 5.32 Å². The molecule has 0 spiro atoms. The zero-order valence-corrected chi connectivity index (χ0v) is 12.2. The van der Waals surface area contributed by atoms with Crippen LogP contribution in [0.15, 0.2) is 28.7 Å². The second kappa shape index (κ2) is 5.41. The highest BCUT2D eigenvalue weighted by atomic mass is 79.9. The van der Waals surface area contributed by atoms with Gasteiger partial charge in [0.05, 0.1) is 6.04 Å².